The van der Waals surface area contributed by atoms with Crippen molar-refractivity contribution in [1.82, 2.24) is 14.8 Å². The first-order chi connectivity index (χ1) is 11.1. The minimum atomic E-state index is -0.332. The average Bonchev–Trinajstić information content (AvgIpc) is 3.14. The van der Waals surface area contributed by atoms with Crippen molar-refractivity contribution >= 4 is 29.1 Å². The first kappa shape index (κ1) is 15.4. The Balaban J connectivity index is 1.60. The third kappa shape index (κ3) is 3.00. The second kappa shape index (κ2) is 6.29. The van der Waals surface area contributed by atoms with Crippen molar-refractivity contribution in [2.24, 2.45) is 0 Å². The Hall–Kier alpha value is -2.54. The lowest BCUT2D eigenvalue weighted by Gasteiger charge is -2.18. The van der Waals surface area contributed by atoms with Crippen LogP contribution >= 0.6 is 11.3 Å². The van der Waals surface area contributed by atoms with E-state index in [9.17, 15) is 14.4 Å². The predicted molar refractivity (Wildman–Crippen MR) is 85.0 cm³/mol. The van der Waals surface area contributed by atoms with Gasteiger partial charge >= 0.3 is 0 Å². The summed E-state index contributed by atoms with van der Waals surface area (Å²) in [6.45, 7) is 0.520. The van der Waals surface area contributed by atoms with Gasteiger partial charge in [-0.25, -0.2) is 4.98 Å². The smallest absolute Gasteiger partial charge is 0.261 e. The van der Waals surface area contributed by atoms with E-state index in [0.29, 0.717) is 17.7 Å². The maximum Gasteiger partial charge on any atom is 0.261 e. The fourth-order valence-corrected chi connectivity index (χ4v) is 3.13. The summed E-state index contributed by atoms with van der Waals surface area (Å²) in [7, 11) is 1.69. The molecular weight excluding hydrogens is 314 g/mol. The summed E-state index contributed by atoms with van der Waals surface area (Å²) in [5.41, 5.74) is 0.808. The Morgan fingerprint density at radius 1 is 1.22 bits per heavy atom. The highest BCUT2D eigenvalue weighted by Gasteiger charge is 2.35. The van der Waals surface area contributed by atoms with E-state index in [4.69, 9.17) is 0 Å². The Morgan fingerprint density at radius 2 is 1.87 bits per heavy atom. The Kier molecular flexibility index (Phi) is 4.20. The van der Waals surface area contributed by atoms with Crippen LogP contribution in [0.4, 0.5) is 0 Å². The molecule has 0 aliphatic carbocycles. The number of fused-ring (bicyclic) bond motifs is 1. The fourth-order valence-electron chi connectivity index (χ4n) is 2.46. The topological polar surface area (TPSA) is 70.6 Å². The second-order valence-electron chi connectivity index (χ2n) is 5.23. The van der Waals surface area contributed by atoms with Crippen LogP contribution in [-0.4, -0.2) is 46.1 Å². The SMILES string of the molecule is CN(Cc1nccs1)C(=O)CCN1C(=O)c2ccccc2C1=O. The van der Waals surface area contributed by atoms with Crippen molar-refractivity contribution in [3.8, 4) is 0 Å². The lowest BCUT2D eigenvalue weighted by atomic mass is 10.1. The van der Waals surface area contributed by atoms with Gasteiger partial charge in [0.1, 0.15) is 5.01 Å². The summed E-state index contributed by atoms with van der Waals surface area (Å²) < 4.78 is 0. The van der Waals surface area contributed by atoms with Gasteiger partial charge in [-0.3, -0.25) is 19.3 Å². The molecule has 1 aromatic heterocycles. The van der Waals surface area contributed by atoms with Gasteiger partial charge in [0.2, 0.25) is 5.91 Å². The molecule has 118 valence electrons. The zero-order chi connectivity index (χ0) is 16.4. The molecule has 1 aliphatic rings. The number of thiazole rings is 1. The summed E-state index contributed by atoms with van der Waals surface area (Å²) in [5.74, 6) is -0.793. The zero-order valence-electron chi connectivity index (χ0n) is 12.6. The van der Waals surface area contributed by atoms with Gasteiger partial charge in [-0.1, -0.05) is 12.1 Å². The minimum absolute atomic E-state index is 0.0907. The van der Waals surface area contributed by atoms with E-state index in [1.54, 1.807) is 42.4 Å². The minimum Gasteiger partial charge on any atom is -0.339 e. The van der Waals surface area contributed by atoms with E-state index in [1.807, 2.05) is 5.38 Å². The van der Waals surface area contributed by atoms with Crippen LogP contribution in [0.2, 0.25) is 0 Å². The number of hydrogen-bond donors (Lipinski definition) is 0. The second-order valence-corrected chi connectivity index (χ2v) is 6.21. The van der Waals surface area contributed by atoms with E-state index in [2.05, 4.69) is 4.98 Å². The van der Waals surface area contributed by atoms with Crippen LogP contribution in [-0.2, 0) is 11.3 Å². The molecule has 7 heteroatoms. The number of aromatic nitrogens is 1. The number of carbonyl (C=O) groups excluding carboxylic acids is 3. The highest BCUT2D eigenvalue weighted by atomic mass is 32.1. The highest BCUT2D eigenvalue weighted by Crippen LogP contribution is 2.22. The van der Waals surface area contributed by atoms with Crippen LogP contribution in [0.15, 0.2) is 35.8 Å². The molecule has 0 N–H and O–H groups in total. The molecule has 0 saturated carbocycles. The van der Waals surface area contributed by atoms with Crippen molar-refractivity contribution in [2.45, 2.75) is 13.0 Å². The third-order valence-corrected chi connectivity index (χ3v) is 4.47. The van der Waals surface area contributed by atoms with E-state index >= 15 is 0 Å². The molecule has 6 nitrogen and oxygen atoms in total. The normalized spacial score (nSPS) is 13.3. The molecule has 2 aromatic rings. The molecule has 1 aromatic carbocycles. The van der Waals surface area contributed by atoms with Gasteiger partial charge < -0.3 is 4.90 Å². The Bertz CT molecular complexity index is 723. The highest BCUT2D eigenvalue weighted by molar-refractivity contribution is 7.09. The number of nitrogens with zero attached hydrogens (tertiary/aromatic N) is 3. The maximum atomic E-state index is 12.2. The van der Waals surface area contributed by atoms with E-state index in [-0.39, 0.29) is 30.7 Å². The first-order valence-electron chi connectivity index (χ1n) is 7.15. The summed E-state index contributed by atoms with van der Waals surface area (Å²) in [6, 6.07) is 6.71. The lowest BCUT2D eigenvalue weighted by Crippen LogP contribution is -2.35. The van der Waals surface area contributed by atoms with Gasteiger partial charge in [-0.2, -0.15) is 0 Å². The summed E-state index contributed by atoms with van der Waals surface area (Å²) in [5, 5.41) is 2.70. The number of amides is 3. The average molecular weight is 329 g/mol. The molecule has 0 radical (unpaired) electrons. The van der Waals surface area contributed by atoms with Crippen molar-refractivity contribution in [3.05, 3.63) is 52.0 Å². The van der Waals surface area contributed by atoms with Gasteiger partial charge in [0, 0.05) is 31.6 Å². The molecule has 0 bridgehead atoms. The Labute approximate surface area is 137 Å². The molecule has 23 heavy (non-hydrogen) atoms. The Morgan fingerprint density at radius 3 is 2.43 bits per heavy atom. The summed E-state index contributed by atoms with van der Waals surface area (Å²) in [6.07, 6.45) is 1.80. The molecule has 0 atom stereocenters. The van der Waals surface area contributed by atoms with Gasteiger partial charge in [-0.05, 0) is 12.1 Å². The molecule has 3 rings (SSSR count). The van der Waals surface area contributed by atoms with Crippen LogP contribution in [0.1, 0.15) is 32.1 Å². The van der Waals surface area contributed by atoms with E-state index in [0.717, 1.165) is 9.91 Å². The van der Waals surface area contributed by atoms with Crippen molar-refractivity contribution in [3.63, 3.8) is 0 Å². The molecule has 2 heterocycles. The van der Waals surface area contributed by atoms with Crippen molar-refractivity contribution in [2.75, 3.05) is 13.6 Å². The molecular formula is C16H15N3O3S. The van der Waals surface area contributed by atoms with E-state index < -0.39 is 0 Å². The number of hydrogen-bond acceptors (Lipinski definition) is 5. The number of benzene rings is 1. The van der Waals surface area contributed by atoms with Crippen molar-refractivity contribution < 1.29 is 14.4 Å². The quantitative estimate of drug-likeness (QED) is 0.784. The van der Waals surface area contributed by atoms with Crippen LogP contribution < -0.4 is 0 Å². The molecule has 3 amide bonds. The first-order valence-corrected chi connectivity index (χ1v) is 8.03. The summed E-state index contributed by atoms with van der Waals surface area (Å²) in [4.78, 5) is 43.4. The molecule has 0 spiro atoms. The monoisotopic (exact) mass is 329 g/mol. The van der Waals surface area contributed by atoms with Gasteiger partial charge in [0.15, 0.2) is 0 Å². The van der Waals surface area contributed by atoms with Crippen LogP contribution in [0, 0.1) is 0 Å². The summed E-state index contributed by atoms with van der Waals surface area (Å²) >= 11 is 1.48. The van der Waals surface area contributed by atoms with Gasteiger partial charge in [0.25, 0.3) is 11.8 Å². The van der Waals surface area contributed by atoms with E-state index in [1.165, 1.54) is 11.3 Å². The van der Waals surface area contributed by atoms with Gasteiger partial charge in [-0.15, -0.1) is 11.3 Å². The molecule has 1 aliphatic heterocycles. The fraction of sp³-hybridized carbons (Fsp3) is 0.250. The van der Waals surface area contributed by atoms with Gasteiger partial charge in [0.05, 0.1) is 17.7 Å². The molecule has 0 saturated heterocycles. The maximum absolute atomic E-state index is 12.2. The lowest BCUT2D eigenvalue weighted by molar-refractivity contribution is -0.130. The molecule has 0 unspecified atom stereocenters. The van der Waals surface area contributed by atoms with Crippen LogP contribution in [0.3, 0.4) is 0 Å². The number of imide groups is 1. The van der Waals surface area contributed by atoms with Crippen LogP contribution in [0.5, 0.6) is 0 Å². The zero-order valence-corrected chi connectivity index (χ0v) is 13.4. The standard InChI is InChI=1S/C16H15N3O3S/c1-18(10-13-17-7-9-23-13)14(20)6-8-19-15(21)11-4-2-3-5-12(11)16(19)22/h2-5,7,9H,6,8,10H2,1H3. The van der Waals surface area contributed by atoms with Crippen molar-refractivity contribution in [1.29, 1.82) is 0 Å². The third-order valence-electron chi connectivity index (χ3n) is 3.71. The number of carbonyl (C=O) groups is 3. The van der Waals surface area contributed by atoms with Crippen LogP contribution in [0.25, 0.3) is 0 Å². The molecule has 0 fully saturated rings. The largest absolute Gasteiger partial charge is 0.339 e. The number of rotatable bonds is 5. The predicted octanol–water partition coefficient (Wildman–Crippen LogP) is 1.79.